The summed E-state index contributed by atoms with van der Waals surface area (Å²) in [6.45, 7) is 3.96. The normalized spacial score (nSPS) is 21.3. The fourth-order valence-corrected chi connectivity index (χ4v) is 4.75. The van der Waals surface area contributed by atoms with Crippen molar-refractivity contribution in [3.63, 3.8) is 0 Å². The molecule has 0 aliphatic heterocycles. The zero-order valence-corrected chi connectivity index (χ0v) is 16.1. The topological polar surface area (TPSA) is 87.7 Å². The Bertz CT molecular complexity index is 819. The molecule has 2 aromatic rings. The highest BCUT2D eigenvalue weighted by Gasteiger charge is 2.25. The summed E-state index contributed by atoms with van der Waals surface area (Å²) in [6, 6.07) is 5.65. The summed E-state index contributed by atoms with van der Waals surface area (Å²) in [5.74, 6) is 2.08. The lowest BCUT2D eigenvalue weighted by molar-refractivity contribution is 0.464. The van der Waals surface area contributed by atoms with Crippen molar-refractivity contribution in [3.8, 4) is 11.4 Å². The third kappa shape index (κ3) is 4.58. The first-order valence-corrected chi connectivity index (χ1v) is 10.7. The second kappa shape index (κ2) is 8.58. The molecule has 0 saturated heterocycles. The molecule has 2 N–H and O–H groups in total. The molecule has 3 atom stereocenters. The fraction of sp³-hybridized carbons (Fsp3) is 0.526. The van der Waals surface area contributed by atoms with Crippen LogP contribution in [0.3, 0.4) is 0 Å². The molecule has 7 heteroatoms. The van der Waals surface area contributed by atoms with Crippen LogP contribution in [0.15, 0.2) is 29.2 Å². The van der Waals surface area contributed by atoms with Gasteiger partial charge in [0.15, 0.2) is 0 Å². The van der Waals surface area contributed by atoms with Crippen molar-refractivity contribution in [3.05, 3.63) is 40.4 Å². The number of aryl methyl sites for hydroxylation is 1. The number of pyridine rings is 1. The first-order chi connectivity index (χ1) is 12.6. The van der Waals surface area contributed by atoms with Crippen LogP contribution in [-0.2, 0) is 17.2 Å². The average molecular weight is 375 g/mol. The standard InChI is InChI=1S/C19H26N4O2S/c1-3-14-11-18(24)23-19(22-14)13-8-9-17(20-12-13)21-15-6-5-7-16(10-15)26(25)4-2/h8-9,11-12,15-16H,3-7,10H2,1-2H3,(H,20,21)(H,22,23,24). The number of nitrogens with one attached hydrogen (secondary N) is 2. The van der Waals surface area contributed by atoms with E-state index in [2.05, 4.69) is 20.3 Å². The molecule has 0 amide bonds. The van der Waals surface area contributed by atoms with E-state index in [1.54, 1.807) is 6.20 Å². The number of aromatic amines is 1. The van der Waals surface area contributed by atoms with Crippen molar-refractivity contribution >= 4 is 16.6 Å². The smallest absolute Gasteiger partial charge is 0.251 e. The summed E-state index contributed by atoms with van der Waals surface area (Å²) in [4.78, 5) is 23.4. The van der Waals surface area contributed by atoms with Crippen LogP contribution in [0.4, 0.5) is 5.82 Å². The van der Waals surface area contributed by atoms with E-state index < -0.39 is 10.8 Å². The highest BCUT2D eigenvalue weighted by atomic mass is 32.2. The van der Waals surface area contributed by atoms with Crippen LogP contribution in [0.25, 0.3) is 11.4 Å². The predicted octanol–water partition coefficient (Wildman–Crippen LogP) is 2.89. The van der Waals surface area contributed by atoms with Crippen molar-refractivity contribution in [2.75, 3.05) is 11.1 Å². The van der Waals surface area contributed by atoms with Crippen LogP contribution in [0.5, 0.6) is 0 Å². The van der Waals surface area contributed by atoms with Gasteiger partial charge in [-0.05, 0) is 37.8 Å². The Morgan fingerprint density at radius 2 is 2.15 bits per heavy atom. The minimum absolute atomic E-state index is 0.147. The summed E-state index contributed by atoms with van der Waals surface area (Å²) in [5.41, 5.74) is 1.41. The van der Waals surface area contributed by atoms with Crippen molar-refractivity contribution in [1.82, 2.24) is 15.0 Å². The van der Waals surface area contributed by atoms with Gasteiger partial charge in [0.25, 0.3) is 5.56 Å². The SMILES string of the molecule is CCc1cc(=O)[nH]c(-c2ccc(NC3CCCC(S(=O)CC)C3)nc2)n1. The Morgan fingerprint density at radius 1 is 1.31 bits per heavy atom. The lowest BCUT2D eigenvalue weighted by Gasteiger charge is -2.29. The van der Waals surface area contributed by atoms with Crippen LogP contribution in [0.1, 0.15) is 45.2 Å². The van der Waals surface area contributed by atoms with Gasteiger partial charge in [-0.3, -0.25) is 9.00 Å². The van der Waals surface area contributed by atoms with Gasteiger partial charge in [-0.2, -0.15) is 0 Å². The van der Waals surface area contributed by atoms with E-state index in [4.69, 9.17) is 0 Å². The van der Waals surface area contributed by atoms with Gasteiger partial charge in [-0.25, -0.2) is 9.97 Å². The number of H-pyrrole nitrogens is 1. The zero-order chi connectivity index (χ0) is 18.5. The molecule has 1 saturated carbocycles. The zero-order valence-electron chi connectivity index (χ0n) is 15.3. The number of hydrogen-bond acceptors (Lipinski definition) is 5. The largest absolute Gasteiger partial charge is 0.367 e. The Kier molecular flexibility index (Phi) is 6.19. The fourth-order valence-electron chi connectivity index (χ4n) is 3.40. The van der Waals surface area contributed by atoms with Gasteiger partial charge < -0.3 is 10.3 Å². The number of nitrogens with zero attached hydrogens (tertiary/aromatic N) is 2. The Hall–Kier alpha value is -2.02. The van der Waals surface area contributed by atoms with E-state index in [0.29, 0.717) is 18.3 Å². The summed E-state index contributed by atoms with van der Waals surface area (Å²) in [7, 11) is -0.729. The van der Waals surface area contributed by atoms with E-state index in [-0.39, 0.29) is 10.8 Å². The van der Waals surface area contributed by atoms with Gasteiger partial charge >= 0.3 is 0 Å². The first-order valence-electron chi connectivity index (χ1n) is 9.29. The molecule has 1 aliphatic carbocycles. The maximum Gasteiger partial charge on any atom is 0.251 e. The van der Waals surface area contributed by atoms with Crippen LogP contribution < -0.4 is 10.9 Å². The van der Waals surface area contributed by atoms with Crippen LogP contribution in [0, 0.1) is 0 Å². The number of anilines is 1. The van der Waals surface area contributed by atoms with Crippen molar-refractivity contribution in [2.24, 2.45) is 0 Å². The van der Waals surface area contributed by atoms with Crippen molar-refractivity contribution < 1.29 is 4.21 Å². The lowest BCUT2D eigenvalue weighted by atomic mass is 9.95. The highest BCUT2D eigenvalue weighted by Crippen LogP contribution is 2.25. The summed E-state index contributed by atoms with van der Waals surface area (Å²) in [5, 5.41) is 3.75. The monoisotopic (exact) mass is 374 g/mol. The van der Waals surface area contributed by atoms with Crippen LogP contribution in [0.2, 0.25) is 0 Å². The molecule has 140 valence electrons. The van der Waals surface area contributed by atoms with E-state index in [1.165, 1.54) is 6.07 Å². The molecule has 3 rings (SSSR count). The highest BCUT2D eigenvalue weighted by molar-refractivity contribution is 7.85. The molecular weight excluding hydrogens is 348 g/mol. The summed E-state index contributed by atoms with van der Waals surface area (Å²) in [6.07, 6.45) is 6.60. The maximum atomic E-state index is 12.1. The van der Waals surface area contributed by atoms with Gasteiger partial charge in [0.1, 0.15) is 11.6 Å². The average Bonchev–Trinajstić information content (AvgIpc) is 2.67. The number of rotatable bonds is 6. The van der Waals surface area contributed by atoms with Gasteiger partial charge in [-0.1, -0.05) is 20.3 Å². The minimum Gasteiger partial charge on any atom is -0.367 e. The van der Waals surface area contributed by atoms with E-state index >= 15 is 0 Å². The minimum atomic E-state index is -0.729. The molecule has 3 unspecified atom stereocenters. The molecular formula is C19H26N4O2S. The molecule has 0 aromatic carbocycles. The molecule has 26 heavy (non-hydrogen) atoms. The van der Waals surface area contributed by atoms with Gasteiger partial charge in [-0.15, -0.1) is 0 Å². The Morgan fingerprint density at radius 3 is 2.85 bits per heavy atom. The van der Waals surface area contributed by atoms with Crippen LogP contribution >= 0.6 is 0 Å². The predicted molar refractivity (Wildman–Crippen MR) is 106 cm³/mol. The molecule has 2 aromatic heterocycles. The number of aromatic nitrogens is 3. The molecule has 1 fully saturated rings. The molecule has 1 aliphatic rings. The summed E-state index contributed by atoms with van der Waals surface area (Å²) >= 11 is 0. The van der Waals surface area contributed by atoms with Gasteiger partial charge in [0.2, 0.25) is 0 Å². The second-order valence-electron chi connectivity index (χ2n) is 6.67. The quantitative estimate of drug-likeness (QED) is 0.812. The van der Waals surface area contributed by atoms with E-state index in [1.807, 2.05) is 26.0 Å². The van der Waals surface area contributed by atoms with Crippen molar-refractivity contribution in [1.29, 1.82) is 0 Å². The van der Waals surface area contributed by atoms with Crippen molar-refractivity contribution in [2.45, 2.75) is 57.2 Å². The molecule has 0 spiro atoms. The Labute approximate surface area is 156 Å². The summed E-state index contributed by atoms with van der Waals surface area (Å²) < 4.78 is 12.1. The van der Waals surface area contributed by atoms with Crippen LogP contribution in [-0.4, -0.2) is 36.2 Å². The molecule has 0 radical (unpaired) electrons. The first kappa shape index (κ1) is 18.8. The second-order valence-corrected chi connectivity index (χ2v) is 8.68. The molecule has 2 heterocycles. The number of hydrogen-bond donors (Lipinski definition) is 2. The molecule has 0 bridgehead atoms. The third-order valence-electron chi connectivity index (χ3n) is 4.83. The maximum absolute atomic E-state index is 12.1. The molecule has 6 nitrogen and oxygen atoms in total. The van der Waals surface area contributed by atoms with E-state index in [9.17, 15) is 9.00 Å². The third-order valence-corrected chi connectivity index (χ3v) is 6.57. The lowest BCUT2D eigenvalue weighted by Crippen LogP contribution is -2.33. The van der Waals surface area contributed by atoms with E-state index in [0.717, 1.165) is 48.5 Å². The van der Waals surface area contributed by atoms with Gasteiger partial charge in [0.05, 0.1) is 0 Å². The van der Waals surface area contributed by atoms with Gasteiger partial charge in [0, 0.05) is 51.4 Å². The Balaban J connectivity index is 1.69.